The van der Waals surface area contributed by atoms with Gasteiger partial charge in [-0.3, -0.25) is 19.6 Å². The zero-order valence-electron chi connectivity index (χ0n) is 21.4. The fourth-order valence-corrected chi connectivity index (χ4v) is 3.69. The second-order valence-electron chi connectivity index (χ2n) is 9.54. The molecule has 0 radical (unpaired) electrons. The van der Waals surface area contributed by atoms with Crippen LogP contribution in [0.5, 0.6) is 0 Å². The van der Waals surface area contributed by atoms with Crippen molar-refractivity contribution in [1.82, 2.24) is 15.5 Å². The number of nitrogens with one attached hydrogen (secondary N) is 2. The van der Waals surface area contributed by atoms with Crippen LogP contribution in [0.3, 0.4) is 0 Å². The average molecular weight is 512 g/mol. The molecule has 1 rings (SSSR count). The number of hydrogen-bond donors (Lipinski definition) is 6. The van der Waals surface area contributed by atoms with Crippen LogP contribution < -0.4 is 33.6 Å². The number of aldehydes is 1. The van der Waals surface area contributed by atoms with Gasteiger partial charge >= 0.3 is 6.09 Å². The third-order valence-corrected chi connectivity index (χ3v) is 5.23. The highest BCUT2D eigenvalue weighted by molar-refractivity contribution is 5.92. The van der Waals surface area contributed by atoms with Crippen molar-refractivity contribution in [2.45, 2.75) is 83.0 Å². The maximum Gasteiger partial charge on any atom is 0.408 e. The number of amides is 3. The zero-order chi connectivity index (χ0) is 27.3. The molecule has 3 atom stereocenters. The molecule has 2 unspecified atom stereocenters. The highest BCUT2D eigenvalue weighted by atomic mass is 16.6. The topological polar surface area (TPSA) is 234 Å². The van der Waals surface area contributed by atoms with Gasteiger partial charge in [0.25, 0.3) is 0 Å². The Bertz CT molecular complexity index is 817. The van der Waals surface area contributed by atoms with E-state index < -0.39 is 41.6 Å². The summed E-state index contributed by atoms with van der Waals surface area (Å²) < 4.78 is 5.30. The molecule has 0 aliphatic carbocycles. The minimum Gasteiger partial charge on any atom is -0.444 e. The number of guanidine groups is 2. The minimum atomic E-state index is -0.941. The van der Waals surface area contributed by atoms with E-state index in [0.29, 0.717) is 51.5 Å². The molecule has 14 nitrogen and oxygen atoms in total. The molecule has 0 aromatic rings. The summed E-state index contributed by atoms with van der Waals surface area (Å²) in [5, 5.41) is 5.30. The Morgan fingerprint density at radius 2 is 1.61 bits per heavy atom. The van der Waals surface area contributed by atoms with Gasteiger partial charge in [0.05, 0.1) is 6.04 Å². The number of rotatable bonds is 13. The molecular weight excluding hydrogens is 470 g/mol. The lowest BCUT2D eigenvalue weighted by Gasteiger charge is -2.30. The third-order valence-electron chi connectivity index (χ3n) is 5.23. The van der Waals surface area contributed by atoms with E-state index in [4.69, 9.17) is 27.7 Å². The molecule has 0 aromatic heterocycles. The van der Waals surface area contributed by atoms with Crippen molar-refractivity contribution in [2.75, 3.05) is 19.6 Å². The molecule has 10 N–H and O–H groups in total. The predicted molar refractivity (Wildman–Crippen MR) is 136 cm³/mol. The van der Waals surface area contributed by atoms with Crippen molar-refractivity contribution in [3.05, 3.63) is 0 Å². The number of likely N-dealkylation sites (tertiary alicyclic amines) is 1. The number of carbonyl (C=O) groups excluding carboxylic acids is 4. The van der Waals surface area contributed by atoms with Crippen molar-refractivity contribution in [3.8, 4) is 0 Å². The molecule has 204 valence electrons. The van der Waals surface area contributed by atoms with Gasteiger partial charge in [0.1, 0.15) is 24.0 Å². The lowest BCUT2D eigenvalue weighted by Crippen LogP contribution is -2.55. The summed E-state index contributed by atoms with van der Waals surface area (Å²) in [6.07, 6.45) is 2.43. The number of ether oxygens (including phenoxy) is 1. The Morgan fingerprint density at radius 3 is 2.14 bits per heavy atom. The molecule has 0 aromatic carbocycles. The maximum absolute atomic E-state index is 13.4. The summed E-state index contributed by atoms with van der Waals surface area (Å²) in [5.74, 6) is -0.970. The highest BCUT2D eigenvalue weighted by Crippen LogP contribution is 2.20. The van der Waals surface area contributed by atoms with E-state index in [1.54, 1.807) is 20.8 Å². The van der Waals surface area contributed by atoms with Gasteiger partial charge in [-0.2, -0.15) is 0 Å². The summed E-state index contributed by atoms with van der Waals surface area (Å²) in [5.41, 5.74) is 20.5. The van der Waals surface area contributed by atoms with Crippen molar-refractivity contribution in [3.63, 3.8) is 0 Å². The monoisotopic (exact) mass is 511 g/mol. The van der Waals surface area contributed by atoms with Gasteiger partial charge in [-0.15, -0.1) is 0 Å². The predicted octanol–water partition coefficient (Wildman–Crippen LogP) is -1.34. The summed E-state index contributed by atoms with van der Waals surface area (Å²) in [6.45, 7) is 6.08. The molecule has 0 spiro atoms. The number of nitrogens with two attached hydrogens (primary N) is 4. The second-order valence-corrected chi connectivity index (χ2v) is 9.54. The largest absolute Gasteiger partial charge is 0.444 e. The van der Waals surface area contributed by atoms with Gasteiger partial charge in [-0.05, 0) is 59.3 Å². The number of alkyl carbamates (subject to hydrolysis) is 1. The Kier molecular flexibility index (Phi) is 12.5. The van der Waals surface area contributed by atoms with Gasteiger partial charge in [0.2, 0.25) is 11.8 Å². The second kappa shape index (κ2) is 14.7. The number of nitrogens with zero attached hydrogens (tertiary/aromatic N) is 3. The minimum absolute atomic E-state index is 0.0466. The van der Waals surface area contributed by atoms with Crippen LogP contribution in [0.2, 0.25) is 0 Å². The van der Waals surface area contributed by atoms with E-state index in [1.165, 1.54) is 4.90 Å². The molecule has 0 bridgehead atoms. The van der Waals surface area contributed by atoms with E-state index in [1.807, 2.05) is 0 Å². The normalized spacial score (nSPS) is 16.9. The Labute approximate surface area is 211 Å². The summed E-state index contributed by atoms with van der Waals surface area (Å²) in [6, 6.07) is -2.44. The fraction of sp³-hybridized carbons (Fsp3) is 0.727. The lowest BCUT2D eigenvalue weighted by molar-refractivity contribution is -0.140. The lowest BCUT2D eigenvalue weighted by atomic mass is 10.1. The maximum atomic E-state index is 13.4. The SMILES string of the molecule is CC(C)(C)OC(=O)N[C@@H](CCCN=C(N)N)C(=O)N1CCCC1C(=O)NC(C=O)CCCN=C(N)N. The molecule has 14 heteroatoms. The van der Waals surface area contributed by atoms with Crippen LogP contribution in [0.25, 0.3) is 0 Å². The molecule has 1 aliphatic rings. The molecule has 36 heavy (non-hydrogen) atoms. The first-order valence-electron chi connectivity index (χ1n) is 12.0. The molecule has 1 fully saturated rings. The molecule has 1 aliphatic heterocycles. The smallest absolute Gasteiger partial charge is 0.408 e. The van der Waals surface area contributed by atoms with Crippen LogP contribution in [0.4, 0.5) is 4.79 Å². The van der Waals surface area contributed by atoms with Crippen LogP contribution in [-0.2, 0) is 19.1 Å². The van der Waals surface area contributed by atoms with Gasteiger partial charge in [-0.1, -0.05) is 0 Å². The summed E-state index contributed by atoms with van der Waals surface area (Å²) in [4.78, 5) is 59.4. The van der Waals surface area contributed by atoms with Gasteiger partial charge in [0.15, 0.2) is 11.9 Å². The Morgan fingerprint density at radius 1 is 1.03 bits per heavy atom. The van der Waals surface area contributed by atoms with Crippen LogP contribution in [-0.4, -0.2) is 84.4 Å². The Hall–Kier alpha value is -3.58. The van der Waals surface area contributed by atoms with Crippen molar-refractivity contribution in [2.24, 2.45) is 32.9 Å². The third kappa shape index (κ3) is 11.7. The van der Waals surface area contributed by atoms with Crippen LogP contribution >= 0.6 is 0 Å². The van der Waals surface area contributed by atoms with Crippen LogP contribution in [0, 0.1) is 0 Å². The average Bonchev–Trinajstić information content (AvgIpc) is 3.25. The van der Waals surface area contributed by atoms with E-state index >= 15 is 0 Å². The van der Waals surface area contributed by atoms with Crippen molar-refractivity contribution in [1.29, 1.82) is 0 Å². The van der Waals surface area contributed by atoms with Crippen LogP contribution in [0.1, 0.15) is 59.3 Å². The number of hydrogen-bond acceptors (Lipinski definition) is 7. The fourth-order valence-electron chi connectivity index (χ4n) is 3.69. The highest BCUT2D eigenvalue weighted by Gasteiger charge is 2.38. The zero-order valence-corrected chi connectivity index (χ0v) is 21.4. The van der Waals surface area contributed by atoms with E-state index in [0.717, 1.165) is 0 Å². The van der Waals surface area contributed by atoms with Gasteiger partial charge in [0, 0.05) is 19.6 Å². The quantitative estimate of drug-likeness (QED) is 0.0742. The summed E-state index contributed by atoms with van der Waals surface area (Å²) in [7, 11) is 0. The van der Waals surface area contributed by atoms with E-state index in [-0.39, 0.29) is 24.9 Å². The molecule has 0 saturated carbocycles. The number of aliphatic imine (C=N–C) groups is 2. The van der Waals surface area contributed by atoms with Crippen molar-refractivity contribution < 1.29 is 23.9 Å². The molecular formula is C22H41N9O5. The van der Waals surface area contributed by atoms with E-state index in [9.17, 15) is 19.2 Å². The van der Waals surface area contributed by atoms with Gasteiger partial charge < -0.3 is 48.0 Å². The standard InChI is InChI=1S/C22H41N9O5/c1-22(2,3)36-21(35)30-15(8-5-11-28-20(25)26)18(34)31-12-6-9-16(31)17(33)29-14(13-32)7-4-10-27-19(23)24/h13-16H,4-12H2,1-3H3,(H,29,33)(H,30,35)(H4,23,24,27)(H4,25,26,28)/t14?,15-,16?/m0/s1. The van der Waals surface area contributed by atoms with Gasteiger partial charge in [-0.25, -0.2) is 4.79 Å². The van der Waals surface area contributed by atoms with Crippen molar-refractivity contribution >= 4 is 36.1 Å². The molecule has 1 heterocycles. The Balaban J connectivity index is 2.87. The van der Waals surface area contributed by atoms with E-state index in [2.05, 4.69) is 20.6 Å². The first kappa shape index (κ1) is 30.5. The first-order valence-corrected chi connectivity index (χ1v) is 12.0. The van der Waals surface area contributed by atoms with Crippen LogP contribution in [0.15, 0.2) is 9.98 Å². The number of carbonyl (C=O) groups is 4. The molecule has 1 saturated heterocycles. The first-order chi connectivity index (χ1) is 16.8. The summed E-state index contributed by atoms with van der Waals surface area (Å²) >= 11 is 0. The molecule has 3 amide bonds.